The zero-order valence-electron chi connectivity index (χ0n) is 12.6. The van der Waals surface area contributed by atoms with Gasteiger partial charge in [-0.25, -0.2) is 14.4 Å². The quantitative estimate of drug-likeness (QED) is 0.753. The Morgan fingerprint density at radius 1 is 1.21 bits per heavy atom. The smallest absolute Gasteiger partial charge is 0.250 e. The van der Waals surface area contributed by atoms with E-state index in [9.17, 15) is 9.18 Å². The highest BCUT2D eigenvalue weighted by Gasteiger charge is 2.07. The molecule has 0 radical (unpaired) electrons. The number of alkyl halides is 1. The predicted molar refractivity (Wildman–Crippen MR) is 88.3 cm³/mol. The molecule has 3 N–H and O–H groups in total. The summed E-state index contributed by atoms with van der Waals surface area (Å²) in [5.41, 5.74) is 8.05. The number of carbonyl (C=O) groups is 1. The normalized spacial score (nSPS) is 10.4. The second-order valence-corrected chi connectivity index (χ2v) is 5.05. The van der Waals surface area contributed by atoms with E-state index in [0.717, 1.165) is 0 Å². The molecule has 6 nitrogen and oxygen atoms in total. The van der Waals surface area contributed by atoms with Crippen LogP contribution < -0.4 is 11.1 Å². The SMILES string of the molecule is NC(=O)c1cncc(-c2ccnc(Nc3cccc(CF)c3)n2)c1. The van der Waals surface area contributed by atoms with Crippen molar-refractivity contribution in [3.8, 4) is 11.3 Å². The standard InChI is InChI=1S/C17H14FN5O/c18-8-11-2-1-3-14(6-11)22-17-21-5-4-15(23-17)12-7-13(16(19)24)10-20-9-12/h1-7,9-10H,8H2,(H2,19,24)(H,21,22,23). The van der Waals surface area contributed by atoms with Gasteiger partial charge in [0, 0.05) is 29.8 Å². The van der Waals surface area contributed by atoms with Gasteiger partial charge in [0.1, 0.15) is 6.67 Å². The Kier molecular flexibility index (Phi) is 4.42. The number of halogens is 1. The third-order valence-corrected chi connectivity index (χ3v) is 3.31. The number of primary amides is 1. The molecule has 0 unspecified atom stereocenters. The number of nitrogens with zero attached hydrogens (tertiary/aromatic N) is 3. The first-order valence-electron chi connectivity index (χ1n) is 7.16. The summed E-state index contributed by atoms with van der Waals surface area (Å²) in [5.74, 6) is -0.201. The fourth-order valence-electron chi connectivity index (χ4n) is 2.16. The van der Waals surface area contributed by atoms with Crippen LogP contribution in [-0.2, 0) is 6.67 Å². The highest BCUT2D eigenvalue weighted by atomic mass is 19.1. The van der Waals surface area contributed by atoms with E-state index in [-0.39, 0.29) is 0 Å². The highest BCUT2D eigenvalue weighted by molar-refractivity contribution is 5.93. The Balaban J connectivity index is 1.89. The second-order valence-electron chi connectivity index (χ2n) is 5.05. The lowest BCUT2D eigenvalue weighted by molar-refractivity contribution is 0.1000. The summed E-state index contributed by atoms with van der Waals surface area (Å²) in [5, 5.41) is 3.03. The molecule has 0 aliphatic carbocycles. The number of benzene rings is 1. The Bertz CT molecular complexity index is 884. The predicted octanol–water partition coefficient (Wildman–Crippen LogP) is 2.85. The number of rotatable bonds is 5. The Morgan fingerprint density at radius 2 is 2.08 bits per heavy atom. The van der Waals surface area contributed by atoms with Crippen molar-refractivity contribution >= 4 is 17.5 Å². The first-order valence-corrected chi connectivity index (χ1v) is 7.16. The molecule has 24 heavy (non-hydrogen) atoms. The van der Waals surface area contributed by atoms with Crippen molar-refractivity contribution in [1.29, 1.82) is 0 Å². The van der Waals surface area contributed by atoms with E-state index in [2.05, 4.69) is 20.3 Å². The van der Waals surface area contributed by atoms with Crippen LogP contribution in [0.2, 0.25) is 0 Å². The minimum Gasteiger partial charge on any atom is -0.366 e. The molecule has 120 valence electrons. The summed E-state index contributed by atoms with van der Waals surface area (Å²) in [6.45, 7) is -0.540. The molecule has 2 heterocycles. The molecule has 2 aromatic heterocycles. The van der Waals surface area contributed by atoms with Gasteiger partial charge in [0.25, 0.3) is 0 Å². The van der Waals surface area contributed by atoms with Crippen molar-refractivity contribution in [2.75, 3.05) is 5.32 Å². The van der Waals surface area contributed by atoms with Gasteiger partial charge in [0.15, 0.2) is 0 Å². The summed E-state index contributed by atoms with van der Waals surface area (Å²) in [6.07, 6.45) is 4.57. The number of hydrogen-bond acceptors (Lipinski definition) is 5. The van der Waals surface area contributed by atoms with Gasteiger partial charge in [-0.2, -0.15) is 0 Å². The number of pyridine rings is 1. The topological polar surface area (TPSA) is 93.8 Å². The van der Waals surface area contributed by atoms with E-state index in [1.807, 2.05) is 0 Å². The molecule has 0 bridgehead atoms. The maximum absolute atomic E-state index is 12.7. The second kappa shape index (κ2) is 6.82. The minimum absolute atomic E-state index is 0.302. The van der Waals surface area contributed by atoms with Crippen molar-refractivity contribution < 1.29 is 9.18 Å². The van der Waals surface area contributed by atoms with E-state index in [4.69, 9.17) is 5.73 Å². The summed E-state index contributed by atoms with van der Waals surface area (Å²) >= 11 is 0. The number of nitrogens with one attached hydrogen (secondary N) is 1. The molecular weight excluding hydrogens is 309 g/mol. The Morgan fingerprint density at radius 3 is 2.88 bits per heavy atom. The Labute approximate surface area is 137 Å². The maximum atomic E-state index is 12.7. The number of hydrogen-bond donors (Lipinski definition) is 2. The average molecular weight is 323 g/mol. The van der Waals surface area contributed by atoms with Crippen LogP contribution in [0.25, 0.3) is 11.3 Å². The number of amides is 1. The molecule has 3 aromatic rings. The van der Waals surface area contributed by atoms with Gasteiger partial charge in [-0.3, -0.25) is 9.78 Å². The molecule has 7 heteroatoms. The van der Waals surface area contributed by atoms with Crippen LogP contribution in [0.4, 0.5) is 16.0 Å². The van der Waals surface area contributed by atoms with Gasteiger partial charge in [0.05, 0.1) is 11.3 Å². The van der Waals surface area contributed by atoms with E-state index in [1.54, 1.807) is 48.8 Å². The molecule has 0 atom stereocenters. The minimum atomic E-state index is -0.556. The van der Waals surface area contributed by atoms with Crippen LogP contribution in [0.15, 0.2) is 55.0 Å². The number of aromatic nitrogens is 3. The van der Waals surface area contributed by atoms with Crippen molar-refractivity contribution in [2.24, 2.45) is 5.73 Å². The van der Waals surface area contributed by atoms with Crippen LogP contribution in [-0.4, -0.2) is 20.9 Å². The van der Waals surface area contributed by atoms with Crippen molar-refractivity contribution in [2.45, 2.75) is 6.67 Å². The number of anilines is 2. The first-order chi connectivity index (χ1) is 11.7. The van der Waals surface area contributed by atoms with E-state index in [1.165, 1.54) is 6.20 Å². The van der Waals surface area contributed by atoms with Gasteiger partial charge >= 0.3 is 0 Å². The fourth-order valence-corrected chi connectivity index (χ4v) is 2.16. The van der Waals surface area contributed by atoms with Gasteiger partial charge < -0.3 is 11.1 Å². The molecule has 0 fully saturated rings. The zero-order chi connectivity index (χ0) is 16.9. The summed E-state index contributed by atoms with van der Waals surface area (Å²) in [6, 6.07) is 10.2. The van der Waals surface area contributed by atoms with Crippen molar-refractivity contribution in [1.82, 2.24) is 15.0 Å². The lowest BCUT2D eigenvalue weighted by Gasteiger charge is -2.08. The molecular formula is C17H14FN5O. The zero-order valence-corrected chi connectivity index (χ0v) is 12.6. The third-order valence-electron chi connectivity index (χ3n) is 3.31. The van der Waals surface area contributed by atoms with Crippen molar-refractivity contribution in [3.63, 3.8) is 0 Å². The monoisotopic (exact) mass is 323 g/mol. The van der Waals surface area contributed by atoms with E-state index in [0.29, 0.717) is 34.0 Å². The fraction of sp³-hybridized carbons (Fsp3) is 0.0588. The molecule has 0 spiro atoms. The molecule has 0 aliphatic rings. The number of nitrogens with two attached hydrogens (primary N) is 1. The van der Waals surface area contributed by atoms with Crippen LogP contribution in [0, 0.1) is 0 Å². The lowest BCUT2D eigenvalue weighted by Crippen LogP contribution is -2.11. The first kappa shape index (κ1) is 15.5. The van der Waals surface area contributed by atoms with Gasteiger partial charge in [0.2, 0.25) is 11.9 Å². The number of carbonyl (C=O) groups excluding carboxylic acids is 1. The molecule has 3 rings (SSSR count). The molecule has 1 aromatic carbocycles. The van der Waals surface area contributed by atoms with Gasteiger partial charge in [-0.15, -0.1) is 0 Å². The van der Waals surface area contributed by atoms with Gasteiger partial charge in [-0.05, 0) is 29.8 Å². The third kappa shape index (κ3) is 3.52. The molecule has 1 amide bonds. The average Bonchev–Trinajstić information content (AvgIpc) is 2.62. The molecule has 0 aliphatic heterocycles. The van der Waals surface area contributed by atoms with Crippen molar-refractivity contribution in [3.05, 3.63) is 66.1 Å². The van der Waals surface area contributed by atoms with Crippen LogP contribution in [0.5, 0.6) is 0 Å². The maximum Gasteiger partial charge on any atom is 0.250 e. The van der Waals surface area contributed by atoms with Crippen LogP contribution in [0.3, 0.4) is 0 Å². The Hall–Kier alpha value is -3.35. The summed E-state index contributed by atoms with van der Waals surface area (Å²) < 4.78 is 12.7. The van der Waals surface area contributed by atoms with E-state index < -0.39 is 12.6 Å². The summed E-state index contributed by atoms with van der Waals surface area (Å²) in [7, 11) is 0. The van der Waals surface area contributed by atoms with Crippen LogP contribution >= 0.6 is 0 Å². The summed E-state index contributed by atoms with van der Waals surface area (Å²) in [4.78, 5) is 23.8. The largest absolute Gasteiger partial charge is 0.366 e. The lowest BCUT2D eigenvalue weighted by atomic mass is 10.1. The van der Waals surface area contributed by atoms with Crippen LogP contribution in [0.1, 0.15) is 15.9 Å². The molecule has 0 saturated carbocycles. The molecule has 0 saturated heterocycles. The van der Waals surface area contributed by atoms with E-state index >= 15 is 0 Å². The highest BCUT2D eigenvalue weighted by Crippen LogP contribution is 2.20. The van der Waals surface area contributed by atoms with Gasteiger partial charge in [-0.1, -0.05) is 12.1 Å².